The lowest BCUT2D eigenvalue weighted by molar-refractivity contribution is 0.0184. The summed E-state index contributed by atoms with van der Waals surface area (Å²) in [5.41, 5.74) is 0. The first-order valence-corrected chi connectivity index (χ1v) is 8.09. The Balaban J connectivity index is 2.21. The maximum absolute atomic E-state index is 12.6. The van der Waals surface area contributed by atoms with E-state index in [4.69, 9.17) is 4.74 Å². The molecule has 1 aliphatic rings. The lowest BCUT2D eigenvalue weighted by atomic mass is 9.97. The minimum Gasteiger partial charge on any atom is -0.380 e. The van der Waals surface area contributed by atoms with Crippen LogP contribution in [0.4, 0.5) is 5.82 Å². The highest BCUT2D eigenvalue weighted by Crippen LogP contribution is 2.25. The Morgan fingerprint density at radius 2 is 2.20 bits per heavy atom. The summed E-state index contributed by atoms with van der Waals surface area (Å²) < 4.78 is 32.0. The molecular weight excluding hydrogens is 278 g/mol. The molecule has 7 heteroatoms. The Hall–Kier alpha value is -1.18. The van der Waals surface area contributed by atoms with Crippen molar-refractivity contribution in [2.75, 3.05) is 32.6 Å². The van der Waals surface area contributed by atoms with Crippen LogP contribution in [0, 0.1) is 5.92 Å². The van der Waals surface area contributed by atoms with E-state index in [1.54, 1.807) is 26.3 Å². The van der Waals surface area contributed by atoms with Gasteiger partial charge in [-0.25, -0.2) is 13.4 Å². The van der Waals surface area contributed by atoms with Crippen LogP contribution in [0.1, 0.15) is 13.3 Å². The van der Waals surface area contributed by atoms with E-state index in [1.807, 2.05) is 0 Å². The third kappa shape index (κ3) is 2.94. The van der Waals surface area contributed by atoms with Crippen LogP contribution in [0.2, 0.25) is 0 Å². The van der Waals surface area contributed by atoms with Gasteiger partial charge >= 0.3 is 0 Å². The van der Waals surface area contributed by atoms with Crippen molar-refractivity contribution >= 4 is 15.8 Å². The number of nitrogens with one attached hydrogen (secondary N) is 1. The van der Waals surface area contributed by atoms with Crippen LogP contribution in [-0.4, -0.2) is 51.1 Å². The second-order valence-electron chi connectivity index (χ2n) is 5.03. The van der Waals surface area contributed by atoms with Gasteiger partial charge in [-0.3, -0.25) is 0 Å². The number of pyridine rings is 1. The first-order valence-electron chi connectivity index (χ1n) is 6.65. The molecule has 2 rings (SSSR count). The highest BCUT2D eigenvalue weighted by molar-refractivity contribution is 7.89. The van der Waals surface area contributed by atoms with Crippen molar-refractivity contribution in [2.45, 2.75) is 24.3 Å². The second-order valence-corrected chi connectivity index (χ2v) is 6.97. The third-order valence-electron chi connectivity index (χ3n) is 3.79. The van der Waals surface area contributed by atoms with Gasteiger partial charge in [0, 0.05) is 33.4 Å². The molecule has 2 heterocycles. The molecule has 0 aliphatic carbocycles. The van der Waals surface area contributed by atoms with E-state index in [1.165, 1.54) is 10.5 Å². The molecule has 0 radical (unpaired) electrons. The highest BCUT2D eigenvalue weighted by Gasteiger charge is 2.33. The van der Waals surface area contributed by atoms with E-state index in [-0.39, 0.29) is 11.0 Å². The van der Waals surface area contributed by atoms with Gasteiger partial charge in [-0.15, -0.1) is 0 Å². The first-order chi connectivity index (χ1) is 9.48. The molecule has 0 saturated carbocycles. The quantitative estimate of drug-likeness (QED) is 0.903. The number of nitrogens with zero attached hydrogens (tertiary/aromatic N) is 2. The largest absolute Gasteiger partial charge is 0.380 e. The van der Waals surface area contributed by atoms with Gasteiger partial charge in [0.2, 0.25) is 10.0 Å². The van der Waals surface area contributed by atoms with E-state index in [0.717, 1.165) is 6.42 Å². The predicted molar refractivity (Wildman–Crippen MR) is 77.1 cm³/mol. The molecular formula is C13H21N3O3S. The summed E-state index contributed by atoms with van der Waals surface area (Å²) in [6.45, 7) is 3.01. The molecule has 1 aliphatic heterocycles. The van der Waals surface area contributed by atoms with Gasteiger partial charge in [0.1, 0.15) is 10.7 Å². The number of methoxy groups -OCH3 is 1. The van der Waals surface area contributed by atoms with Crippen LogP contribution < -0.4 is 5.32 Å². The van der Waals surface area contributed by atoms with Gasteiger partial charge in [-0.2, -0.15) is 4.31 Å². The minimum atomic E-state index is -3.49. The molecule has 1 N–H and O–H groups in total. The zero-order chi connectivity index (χ0) is 14.8. The maximum atomic E-state index is 12.6. The van der Waals surface area contributed by atoms with Gasteiger partial charge in [-0.1, -0.05) is 6.92 Å². The Kier molecular flexibility index (Phi) is 4.62. The fourth-order valence-corrected chi connectivity index (χ4v) is 3.77. The summed E-state index contributed by atoms with van der Waals surface area (Å²) in [6, 6.07) is 3.24. The zero-order valence-electron chi connectivity index (χ0n) is 12.0. The van der Waals surface area contributed by atoms with Crippen molar-refractivity contribution in [1.29, 1.82) is 0 Å². The summed E-state index contributed by atoms with van der Waals surface area (Å²) in [4.78, 5) is 4.29. The standard InChI is InChI=1S/C13H21N3O3S/c1-10-6-7-16(9-12(10)19-3)20(17,18)11-4-5-13(14-2)15-8-11/h4-5,8,10,12H,6-7,9H2,1-3H3,(H,14,15). The van der Waals surface area contributed by atoms with Crippen LogP contribution in [0.5, 0.6) is 0 Å². The molecule has 1 aromatic heterocycles. The normalized spacial score (nSPS) is 24.6. The van der Waals surface area contributed by atoms with E-state index in [9.17, 15) is 8.42 Å². The van der Waals surface area contributed by atoms with Gasteiger partial charge in [0.05, 0.1) is 6.10 Å². The number of piperidine rings is 1. The van der Waals surface area contributed by atoms with Crippen molar-refractivity contribution in [2.24, 2.45) is 5.92 Å². The first kappa shape index (κ1) is 15.2. The maximum Gasteiger partial charge on any atom is 0.244 e. The van der Waals surface area contributed by atoms with Gasteiger partial charge in [-0.05, 0) is 24.5 Å². The molecule has 0 bridgehead atoms. The molecule has 1 fully saturated rings. The van der Waals surface area contributed by atoms with E-state index < -0.39 is 10.0 Å². The van der Waals surface area contributed by atoms with Crippen LogP contribution >= 0.6 is 0 Å². The molecule has 0 aromatic carbocycles. The number of rotatable bonds is 4. The van der Waals surface area contributed by atoms with Crippen LogP contribution in [-0.2, 0) is 14.8 Å². The molecule has 0 amide bonds. The lowest BCUT2D eigenvalue weighted by Crippen LogP contribution is -2.46. The van der Waals surface area contributed by atoms with Gasteiger partial charge in [0.25, 0.3) is 0 Å². The number of aromatic nitrogens is 1. The molecule has 6 nitrogen and oxygen atoms in total. The lowest BCUT2D eigenvalue weighted by Gasteiger charge is -2.35. The summed E-state index contributed by atoms with van der Waals surface area (Å²) in [5, 5.41) is 2.87. The van der Waals surface area contributed by atoms with Crippen LogP contribution in [0.25, 0.3) is 0 Å². The molecule has 112 valence electrons. The van der Waals surface area contributed by atoms with Gasteiger partial charge in [0.15, 0.2) is 0 Å². The fraction of sp³-hybridized carbons (Fsp3) is 0.615. The van der Waals surface area contributed by atoms with E-state index in [0.29, 0.717) is 24.8 Å². The Bertz CT molecular complexity index is 544. The monoisotopic (exact) mass is 299 g/mol. The molecule has 0 spiro atoms. The second kappa shape index (κ2) is 6.07. The fourth-order valence-electron chi connectivity index (χ4n) is 2.36. The van der Waals surface area contributed by atoms with Crippen LogP contribution in [0.3, 0.4) is 0 Å². The van der Waals surface area contributed by atoms with Crippen molar-refractivity contribution in [3.63, 3.8) is 0 Å². The zero-order valence-corrected chi connectivity index (χ0v) is 12.9. The SMILES string of the molecule is CNc1ccc(S(=O)(=O)N2CCC(C)C(OC)C2)cn1. The number of ether oxygens (including phenoxy) is 1. The number of anilines is 1. The number of sulfonamides is 1. The molecule has 20 heavy (non-hydrogen) atoms. The number of hydrogen-bond donors (Lipinski definition) is 1. The van der Waals surface area contributed by atoms with E-state index in [2.05, 4.69) is 17.2 Å². The third-order valence-corrected chi connectivity index (χ3v) is 5.63. The van der Waals surface area contributed by atoms with Crippen molar-refractivity contribution in [3.05, 3.63) is 18.3 Å². The average Bonchev–Trinajstić information content (AvgIpc) is 2.47. The topological polar surface area (TPSA) is 71.5 Å². The summed E-state index contributed by atoms with van der Waals surface area (Å²) in [6.07, 6.45) is 2.14. The van der Waals surface area contributed by atoms with Crippen molar-refractivity contribution < 1.29 is 13.2 Å². The molecule has 2 atom stereocenters. The molecule has 1 aromatic rings. The molecule has 2 unspecified atom stereocenters. The van der Waals surface area contributed by atoms with Crippen molar-refractivity contribution in [3.8, 4) is 0 Å². The summed E-state index contributed by atoms with van der Waals surface area (Å²) in [7, 11) is -0.123. The highest BCUT2D eigenvalue weighted by atomic mass is 32.2. The Labute approximate surface area is 120 Å². The summed E-state index contributed by atoms with van der Waals surface area (Å²) in [5.74, 6) is 1.02. The minimum absolute atomic E-state index is 0.0527. The summed E-state index contributed by atoms with van der Waals surface area (Å²) >= 11 is 0. The molecule has 1 saturated heterocycles. The van der Waals surface area contributed by atoms with Crippen molar-refractivity contribution in [1.82, 2.24) is 9.29 Å². The predicted octanol–water partition coefficient (Wildman–Crippen LogP) is 1.17. The number of hydrogen-bond acceptors (Lipinski definition) is 5. The Morgan fingerprint density at radius 1 is 1.45 bits per heavy atom. The Morgan fingerprint density at radius 3 is 2.75 bits per heavy atom. The van der Waals surface area contributed by atoms with E-state index >= 15 is 0 Å². The average molecular weight is 299 g/mol. The van der Waals surface area contributed by atoms with Crippen LogP contribution in [0.15, 0.2) is 23.2 Å². The smallest absolute Gasteiger partial charge is 0.244 e. The van der Waals surface area contributed by atoms with Gasteiger partial charge < -0.3 is 10.1 Å².